The van der Waals surface area contributed by atoms with E-state index < -0.39 is 5.69 Å². The van der Waals surface area contributed by atoms with Crippen LogP contribution >= 0.6 is 0 Å². The molecule has 0 unspecified atom stereocenters. The summed E-state index contributed by atoms with van der Waals surface area (Å²) in [4.78, 5) is 33.3. The normalized spacial score (nSPS) is 11.4. The van der Waals surface area contributed by atoms with Crippen LogP contribution < -0.4 is 11.2 Å². The van der Waals surface area contributed by atoms with Crippen LogP contribution in [0.25, 0.3) is 33.7 Å². The number of H-pyrrole nitrogens is 2. The zero-order valence-corrected chi connectivity index (χ0v) is 20.8. The highest BCUT2D eigenvalue weighted by atomic mass is 16.5. The van der Waals surface area contributed by atoms with Crippen molar-refractivity contribution >= 4 is 11.2 Å². The van der Waals surface area contributed by atoms with Crippen molar-refractivity contribution in [1.82, 2.24) is 39.7 Å². The number of aromatic amines is 2. The van der Waals surface area contributed by atoms with Gasteiger partial charge in [-0.1, -0.05) is 61.9 Å². The molecule has 0 amide bonds. The van der Waals surface area contributed by atoms with Crippen molar-refractivity contribution in [3.05, 3.63) is 80.8 Å². The van der Waals surface area contributed by atoms with Gasteiger partial charge < -0.3 is 9.30 Å². The third kappa shape index (κ3) is 4.85. The number of rotatable bonds is 10. The SMILES string of the molecule is CCCCc1nc2[nH]c(=O)n(CCOC)c(=O)c2n1Cc1ccc(-c2ccccc2-c2nnn[nH]2)cc1. The van der Waals surface area contributed by atoms with Gasteiger partial charge in [0.25, 0.3) is 5.56 Å². The molecule has 0 aliphatic rings. The Balaban J connectivity index is 1.53. The van der Waals surface area contributed by atoms with Gasteiger partial charge in [0, 0.05) is 25.6 Å². The van der Waals surface area contributed by atoms with Crippen molar-refractivity contribution in [2.24, 2.45) is 0 Å². The monoisotopic (exact) mass is 500 g/mol. The number of hydrogen-bond donors (Lipinski definition) is 2. The van der Waals surface area contributed by atoms with Crippen LogP contribution in [0.3, 0.4) is 0 Å². The van der Waals surface area contributed by atoms with Crippen LogP contribution in [0, 0.1) is 0 Å². The summed E-state index contributed by atoms with van der Waals surface area (Å²) in [5.74, 6) is 1.38. The molecule has 5 rings (SSSR count). The highest BCUT2D eigenvalue weighted by molar-refractivity contribution is 5.80. The van der Waals surface area contributed by atoms with Crippen molar-refractivity contribution in [2.45, 2.75) is 39.3 Å². The Morgan fingerprint density at radius 3 is 2.49 bits per heavy atom. The summed E-state index contributed by atoms with van der Waals surface area (Å²) < 4.78 is 8.18. The zero-order valence-electron chi connectivity index (χ0n) is 20.8. The molecule has 0 bridgehead atoms. The molecule has 2 N–H and O–H groups in total. The molecule has 11 heteroatoms. The lowest BCUT2D eigenvalue weighted by Gasteiger charge is -2.12. The molecule has 5 aromatic rings. The molecular weight excluding hydrogens is 472 g/mol. The van der Waals surface area contributed by atoms with Crippen LogP contribution in [0.2, 0.25) is 0 Å². The molecular formula is C26H28N8O3. The first-order valence-corrected chi connectivity index (χ1v) is 12.2. The molecule has 0 fully saturated rings. The lowest BCUT2D eigenvalue weighted by atomic mass is 9.98. The highest BCUT2D eigenvalue weighted by Gasteiger charge is 2.18. The number of nitrogens with zero attached hydrogens (tertiary/aromatic N) is 6. The average molecular weight is 501 g/mol. The summed E-state index contributed by atoms with van der Waals surface area (Å²) in [6, 6.07) is 16.1. The maximum Gasteiger partial charge on any atom is 0.330 e. The second kappa shape index (κ2) is 10.7. The number of ether oxygens (including phenoxy) is 1. The minimum atomic E-state index is -0.480. The number of fused-ring (bicyclic) bond motifs is 1. The van der Waals surface area contributed by atoms with E-state index in [0.717, 1.165) is 40.9 Å². The van der Waals surface area contributed by atoms with E-state index in [9.17, 15) is 9.59 Å². The number of unbranched alkanes of at least 4 members (excludes halogenated alkanes) is 1. The number of imidazole rings is 1. The minimum absolute atomic E-state index is 0.172. The van der Waals surface area contributed by atoms with Gasteiger partial charge in [-0.3, -0.25) is 14.3 Å². The number of aryl methyl sites for hydroxylation is 1. The number of methoxy groups -OCH3 is 1. The van der Waals surface area contributed by atoms with Crippen molar-refractivity contribution in [2.75, 3.05) is 13.7 Å². The van der Waals surface area contributed by atoms with E-state index >= 15 is 0 Å². The second-order valence-electron chi connectivity index (χ2n) is 8.79. The van der Waals surface area contributed by atoms with Crippen molar-refractivity contribution in [3.63, 3.8) is 0 Å². The Kier molecular flexibility index (Phi) is 7.04. The predicted molar refractivity (Wildman–Crippen MR) is 139 cm³/mol. The van der Waals surface area contributed by atoms with E-state index in [0.29, 0.717) is 30.0 Å². The highest BCUT2D eigenvalue weighted by Crippen LogP contribution is 2.30. The molecule has 37 heavy (non-hydrogen) atoms. The Morgan fingerprint density at radius 2 is 1.78 bits per heavy atom. The van der Waals surface area contributed by atoms with Gasteiger partial charge in [-0.15, -0.1) is 5.10 Å². The van der Waals surface area contributed by atoms with E-state index in [-0.39, 0.29) is 18.7 Å². The number of tetrazole rings is 1. The van der Waals surface area contributed by atoms with E-state index in [1.807, 2.05) is 53.1 Å². The van der Waals surface area contributed by atoms with Gasteiger partial charge in [0.15, 0.2) is 17.0 Å². The standard InChI is InChI=1S/C26H28N8O3/c1-3-4-9-21-27-24-22(25(35)33(14-15-37-2)26(36)28-24)34(21)16-17-10-12-18(13-11-17)19-7-5-6-8-20(19)23-29-31-32-30-23/h5-8,10-13H,3-4,9,14-16H2,1-2H3,(H,28,36)(H,29,30,31,32). The Morgan fingerprint density at radius 1 is 1.00 bits per heavy atom. The molecule has 3 aromatic heterocycles. The van der Waals surface area contributed by atoms with E-state index in [4.69, 9.17) is 4.74 Å². The molecule has 0 atom stereocenters. The molecule has 0 saturated carbocycles. The fraction of sp³-hybridized carbons (Fsp3) is 0.308. The van der Waals surface area contributed by atoms with Crippen molar-refractivity contribution < 1.29 is 4.74 Å². The number of benzene rings is 2. The molecule has 2 aromatic carbocycles. The maximum absolute atomic E-state index is 13.3. The molecule has 0 spiro atoms. The summed E-state index contributed by atoms with van der Waals surface area (Å²) in [5.41, 5.74) is 3.81. The Labute approximate surface area is 212 Å². The summed E-state index contributed by atoms with van der Waals surface area (Å²) in [6.07, 6.45) is 2.63. The van der Waals surface area contributed by atoms with Gasteiger partial charge in [0.1, 0.15) is 5.82 Å². The fourth-order valence-electron chi connectivity index (χ4n) is 4.46. The minimum Gasteiger partial charge on any atom is -0.383 e. The quantitative estimate of drug-likeness (QED) is 0.301. The second-order valence-corrected chi connectivity index (χ2v) is 8.79. The van der Waals surface area contributed by atoms with Gasteiger partial charge in [0.05, 0.1) is 13.2 Å². The molecule has 11 nitrogen and oxygen atoms in total. The van der Waals surface area contributed by atoms with Gasteiger partial charge in [0.2, 0.25) is 0 Å². The number of hydrogen-bond acceptors (Lipinski definition) is 7. The van der Waals surface area contributed by atoms with Crippen LogP contribution in [-0.2, 0) is 24.2 Å². The topological polar surface area (TPSA) is 136 Å². The first kappa shape index (κ1) is 24.3. The molecule has 3 heterocycles. The summed E-state index contributed by atoms with van der Waals surface area (Å²) in [5, 5.41) is 14.3. The first-order valence-electron chi connectivity index (χ1n) is 12.2. The molecule has 0 aliphatic heterocycles. The Bertz CT molecular complexity index is 1610. The van der Waals surface area contributed by atoms with E-state index in [1.165, 1.54) is 11.7 Å². The van der Waals surface area contributed by atoms with Gasteiger partial charge >= 0.3 is 5.69 Å². The zero-order chi connectivity index (χ0) is 25.8. The third-order valence-corrected chi connectivity index (χ3v) is 6.37. The van der Waals surface area contributed by atoms with Crippen LogP contribution in [0.5, 0.6) is 0 Å². The molecule has 0 aliphatic carbocycles. The van der Waals surface area contributed by atoms with Crippen LogP contribution in [0.1, 0.15) is 31.2 Å². The van der Waals surface area contributed by atoms with Gasteiger partial charge in [-0.25, -0.2) is 14.9 Å². The lowest BCUT2D eigenvalue weighted by molar-refractivity contribution is 0.185. The summed E-state index contributed by atoms with van der Waals surface area (Å²) >= 11 is 0. The predicted octanol–water partition coefficient (Wildman–Crippen LogP) is 2.77. The third-order valence-electron chi connectivity index (χ3n) is 6.37. The van der Waals surface area contributed by atoms with E-state index in [2.05, 4.69) is 37.5 Å². The van der Waals surface area contributed by atoms with Crippen molar-refractivity contribution in [1.29, 1.82) is 0 Å². The van der Waals surface area contributed by atoms with Crippen LogP contribution in [0.15, 0.2) is 58.1 Å². The molecule has 190 valence electrons. The summed E-state index contributed by atoms with van der Waals surface area (Å²) in [7, 11) is 1.54. The first-order chi connectivity index (χ1) is 18.1. The molecule has 0 radical (unpaired) electrons. The van der Waals surface area contributed by atoms with Crippen LogP contribution in [-0.4, -0.2) is 53.4 Å². The summed E-state index contributed by atoms with van der Waals surface area (Å²) in [6.45, 7) is 3.00. The van der Waals surface area contributed by atoms with Gasteiger partial charge in [-0.05, 0) is 33.5 Å². The smallest absolute Gasteiger partial charge is 0.330 e. The average Bonchev–Trinajstić information content (AvgIpc) is 3.56. The number of nitrogens with one attached hydrogen (secondary N) is 2. The maximum atomic E-state index is 13.3. The molecule has 0 saturated heterocycles. The van der Waals surface area contributed by atoms with E-state index in [1.54, 1.807) is 0 Å². The largest absolute Gasteiger partial charge is 0.383 e. The van der Waals surface area contributed by atoms with Gasteiger partial charge in [-0.2, -0.15) is 0 Å². The fourth-order valence-corrected chi connectivity index (χ4v) is 4.46. The van der Waals surface area contributed by atoms with Crippen LogP contribution in [0.4, 0.5) is 0 Å². The lowest BCUT2D eigenvalue weighted by Crippen LogP contribution is -2.37. The number of aromatic nitrogens is 8. The van der Waals surface area contributed by atoms with Crippen molar-refractivity contribution in [3.8, 4) is 22.5 Å². The Hall–Kier alpha value is -4.38.